The number of nitrogens with zero attached hydrogens (tertiary/aromatic N) is 1. The molecule has 1 saturated heterocycles. The Balaban J connectivity index is 2.05. The largest absolute Gasteiger partial charge is 0.379 e. The Morgan fingerprint density at radius 3 is 2.83 bits per heavy atom. The van der Waals surface area contributed by atoms with Crippen LogP contribution in [0.5, 0.6) is 0 Å². The van der Waals surface area contributed by atoms with Crippen molar-refractivity contribution in [1.82, 2.24) is 10.2 Å². The van der Waals surface area contributed by atoms with Crippen LogP contribution in [0.3, 0.4) is 0 Å². The van der Waals surface area contributed by atoms with Gasteiger partial charge in [-0.15, -0.1) is 0 Å². The number of nitrogens with one attached hydrogen (secondary N) is 1. The van der Waals surface area contributed by atoms with Gasteiger partial charge in [0.15, 0.2) is 17.2 Å². The van der Waals surface area contributed by atoms with Crippen molar-refractivity contribution in [2.24, 2.45) is 5.92 Å². The summed E-state index contributed by atoms with van der Waals surface area (Å²) >= 11 is 0. The number of carbonyl (C=O) groups excluding carboxylic acids is 1. The van der Waals surface area contributed by atoms with Gasteiger partial charge in [-0.2, -0.15) is 0 Å². The molecule has 6 heteroatoms. The molecule has 0 saturated carbocycles. The van der Waals surface area contributed by atoms with Gasteiger partial charge in [0.25, 0.3) is 5.91 Å². The fraction of sp³-hybridized carbons (Fsp3) is 0.588. The van der Waals surface area contributed by atoms with Crippen LogP contribution in [0.1, 0.15) is 32.3 Å². The van der Waals surface area contributed by atoms with Crippen LogP contribution in [0.15, 0.2) is 18.2 Å². The quantitative estimate of drug-likeness (QED) is 0.841. The van der Waals surface area contributed by atoms with Crippen molar-refractivity contribution in [3.05, 3.63) is 35.4 Å². The minimum Gasteiger partial charge on any atom is -0.379 e. The predicted octanol–water partition coefficient (Wildman–Crippen LogP) is 2.06. The molecule has 1 aromatic carbocycles. The summed E-state index contributed by atoms with van der Waals surface area (Å²) in [6, 6.07) is 3.91. The highest BCUT2D eigenvalue weighted by Crippen LogP contribution is 2.24. The lowest BCUT2D eigenvalue weighted by atomic mass is 9.91. The lowest BCUT2D eigenvalue weighted by Gasteiger charge is -2.38. The van der Waals surface area contributed by atoms with Crippen LogP contribution in [0.25, 0.3) is 0 Å². The molecule has 0 spiro atoms. The monoisotopic (exact) mass is 326 g/mol. The summed E-state index contributed by atoms with van der Waals surface area (Å²) < 4.78 is 27.1. The Kier molecular flexibility index (Phi) is 5.70. The molecule has 1 atom stereocenters. The fourth-order valence-electron chi connectivity index (χ4n) is 2.82. The Labute approximate surface area is 135 Å². The SMILES string of the molecule is CC(C)CNCC1(O)CCCN(Cc2cccc(F)c2F)C1=O. The number of aliphatic hydroxyl groups is 1. The number of halogens is 2. The van der Waals surface area contributed by atoms with Crippen LogP contribution in [-0.2, 0) is 11.3 Å². The van der Waals surface area contributed by atoms with E-state index in [0.717, 1.165) is 6.07 Å². The number of amides is 1. The first-order valence-electron chi connectivity index (χ1n) is 7.99. The first-order chi connectivity index (χ1) is 10.8. The lowest BCUT2D eigenvalue weighted by molar-refractivity contribution is -0.157. The van der Waals surface area contributed by atoms with Crippen molar-refractivity contribution in [3.8, 4) is 0 Å². The van der Waals surface area contributed by atoms with Crippen LogP contribution >= 0.6 is 0 Å². The van der Waals surface area contributed by atoms with Gasteiger partial charge in [-0.05, 0) is 31.4 Å². The third kappa shape index (κ3) is 4.26. The van der Waals surface area contributed by atoms with Crippen molar-refractivity contribution in [1.29, 1.82) is 0 Å². The Bertz CT molecular complexity index is 566. The van der Waals surface area contributed by atoms with Crippen molar-refractivity contribution < 1.29 is 18.7 Å². The second-order valence-electron chi connectivity index (χ2n) is 6.60. The third-order valence-corrected chi connectivity index (χ3v) is 4.07. The van der Waals surface area contributed by atoms with Crippen molar-refractivity contribution in [2.75, 3.05) is 19.6 Å². The van der Waals surface area contributed by atoms with E-state index in [0.29, 0.717) is 31.8 Å². The van der Waals surface area contributed by atoms with E-state index < -0.39 is 23.1 Å². The Morgan fingerprint density at radius 2 is 2.13 bits per heavy atom. The average molecular weight is 326 g/mol. The maximum Gasteiger partial charge on any atom is 0.256 e. The highest BCUT2D eigenvalue weighted by atomic mass is 19.2. The molecule has 4 nitrogen and oxygen atoms in total. The van der Waals surface area contributed by atoms with Crippen molar-refractivity contribution in [2.45, 2.75) is 38.8 Å². The van der Waals surface area contributed by atoms with Gasteiger partial charge >= 0.3 is 0 Å². The van der Waals surface area contributed by atoms with Gasteiger partial charge in [-0.25, -0.2) is 8.78 Å². The summed E-state index contributed by atoms with van der Waals surface area (Å²) in [4.78, 5) is 13.9. The van der Waals surface area contributed by atoms with Gasteiger partial charge in [0.1, 0.15) is 0 Å². The topological polar surface area (TPSA) is 52.6 Å². The smallest absolute Gasteiger partial charge is 0.256 e. The molecule has 128 valence electrons. The van der Waals surface area contributed by atoms with Gasteiger partial charge in [0.2, 0.25) is 0 Å². The Hall–Kier alpha value is -1.53. The van der Waals surface area contributed by atoms with Crippen LogP contribution < -0.4 is 5.32 Å². The van der Waals surface area contributed by atoms with E-state index in [1.165, 1.54) is 17.0 Å². The Morgan fingerprint density at radius 1 is 1.39 bits per heavy atom. The highest BCUT2D eigenvalue weighted by Gasteiger charge is 2.41. The summed E-state index contributed by atoms with van der Waals surface area (Å²) in [6.07, 6.45) is 1.00. The van der Waals surface area contributed by atoms with Crippen LogP contribution in [0, 0.1) is 17.6 Å². The summed E-state index contributed by atoms with van der Waals surface area (Å²) in [5.41, 5.74) is -1.35. The van der Waals surface area contributed by atoms with E-state index in [9.17, 15) is 18.7 Å². The van der Waals surface area contributed by atoms with E-state index in [4.69, 9.17) is 0 Å². The number of benzene rings is 1. The van der Waals surface area contributed by atoms with Crippen LogP contribution in [0.4, 0.5) is 8.78 Å². The molecule has 1 aliphatic heterocycles. The summed E-state index contributed by atoms with van der Waals surface area (Å²) in [5.74, 6) is -1.88. The van der Waals surface area contributed by atoms with E-state index in [1.807, 2.05) is 13.8 Å². The number of piperidine rings is 1. The van der Waals surface area contributed by atoms with Gasteiger partial charge in [-0.3, -0.25) is 4.79 Å². The predicted molar refractivity (Wildman–Crippen MR) is 83.7 cm³/mol. The summed E-state index contributed by atoms with van der Waals surface area (Å²) in [7, 11) is 0. The molecule has 2 N–H and O–H groups in total. The number of carbonyl (C=O) groups is 1. The van der Waals surface area contributed by atoms with Crippen molar-refractivity contribution in [3.63, 3.8) is 0 Å². The molecule has 23 heavy (non-hydrogen) atoms. The zero-order valence-corrected chi connectivity index (χ0v) is 13.6. The number of hydrogen-bond acceptors (Lipinski definition) is 3. The van der Waals surface area contributed by atoms with Gasteiger partial charge < -0.3 is 15.3 Å². The minimum atomic E-state index is -1.48. The summed E-state index contributed by atoms with van der Waals surface area (Å²) in [6.45, 7) is 5.36. The maximum absolute atomic E-state index is 13.8. The highest BCUT2D eigenvalue weighted by molar-refractivity contribution is 5.86. The molecule has 0 aromatic heterocycles. The molecule has 1 fully saturated rings. The van der Waals surface area contributed by atoms with Gasteiger partial charge in [0, 0.05) is 25.2 Å². The molecule has 0 aliphatic carbocycles. The molecule has 0 bridgehead atoms. The van der Waals surface area contributed by atoms with E-state index in [1.54, 1.807) is 0 Å². The molecular weight excluding hydrogens is 302 g/mol. The molecule has 0 radical (unpaired) electrons. The van der Waals surface area contributed by atoms with Crippen LogP contribution in [0.2, 0.25) is 0 Å². The molecule has 1 heterocycles. The zero-order valence-electron chi connectivity index (χ0n) is 13.6. The number of hydrogen-bond donors (Lipinski definition) is 2. The van der Waals surface area contributed by atoms with E-state index >= 15 is 0 Å². The number of rotatable bonds is 6. The molecule has 1 aliphatic rings. The first-order valence-corrected chi connectivity index (χ1v) is 7.99. The normalized spacial score (nSPS) is 22.0. The minimum absolute atomic E-state index is 0.0328. The van der Waals surface area contributed by atoms with Crippen molar-refractivity contribution >= 4 is 5.91 Å². The fourth-order valence-corrected chi connectivity index (χ4v) is 2.82. The first kappa shape index (κ1) is 17.8. The molecule has 1 amide bonds. The standard InChI is InChI=1S/C17H24F2N2O2/c1-12(2)9-20-11-17(23)7-4-8-21(16(17)22)10-13-5-3-6-14(18)15(13)19/h3,5-6,12,20,23H,4,7-11H2,1-2H3. The second-order valence-corrected chi connectivity index (χ2v) is 6.60. The van der Waals surface area contributed by atoms with E-state index in [-0.39, 0.29) is 18.7 Å². The maximum atomic E-state index is 13.8. The average Bonchev–Trinajstić information content (AvgIpc) is 2.48. The van der Waals surface area contributed by atoms with Gasteiger partial charge in [0.05, 0.1) is 0 Å². The molecule has 1 unspecified atom stereocenters. The molecular formula is C17H24F2N2O2. The van der Waals surface area contributed by atoms with Crippen LogP contribution in [-0.4, -0.2) is 41.1 Å². The zero-order chi connectivity index (χ0) is 17.0. The molecule has 1 aromatic rings. The summed E-state index contributed by atoms with van der Waals surface area (Å²) in [5, 5.41) is 13.7. The number of likely N-dealkylation sites (tertiary alicyclic amines) is 1. The lowest BCUT2D eigenvalue weighted by Crippen LogP contribution is -2.58. The van der Waals surface area contributed by atoms with E-state index in [2.05, 4.69) is 5.32 Å². The second kappa shape index (κ2) is 7.36. The molecule has 2 rings (SSSR count). The van der Waals surface area contributed by atoms with Gasteiger partial charge in [-0.1, -0.05) is 26.0 Å². The third-order valence-electron chi connectivity index (χ3n) is 4.07.